The number of nitrogens with zero attached hydrogens (tertiary/aromatic N) is 1. The first-order valence-electron chi connectivity index (χ1n) is 9.75. The van der Waals surface area contributed by atoms with Crippen LogP contribution in [0.25, 0.3) is 0 Å². The molecule has 26 heavy (non-hydrogen) atoms. The van der Waals surface area contributed by atoms with Crippen molar-refractivity contribution in [2.75, 3.05) is 26.2 Å². The van der Waals surface area contributed by atoms with Crippen molar-refractivity contribution in [2.45, 2.75) is 39.0 Å². The van der Waals surface area contributed by atoms with E-state index in [1.807, 2.05) is 60.7 Å². The molecule has 0 N–H and O–H groups in total. The number of carbonyl (C=O) groups is 1. The third-order valence-corrected chi connectivity index (χ3v) is 4.76. The fourth-order valence-corrected chi connectivity index (χ4v) is 3.17. The van der Waals surface area contributed by atoms with E-state index in [0.717, 1.165) is 50.0 Å². The lowest BCUT2D eigenvalue weighted by molar-refractivity contribution is -0.144. The van der Waals surface area contributed by atoms with Gasteiger partial charge in [-0.1, -0.05) is 74.5 Å². The predicted octanol–water partition coefficient (Wildman–Crippen LogP) is 4.87. The Hall–Kier alpha value is -2.13. The molecule has 0 aliphatic carbocycles. The van der Waals surface area contributed by atoms with Crippen LogP contribution in [0.15, 0.2) is 60.7 Å². The van der Waals surface area contributed by atoms with Gasteiger partial charge in [0.2, 0.25) is 0 Å². The van der Waals surface area contributed by atoms with Crippen molar-refractivity contribution < 1.29 is 9.53 Å². The molecule has 0 aliphatic rings. The zero-order chi connectivity index (χ0) is 18.6. The number of benzene rings is 2. The summed E-state index contributed by atoms with van der Waals surface area (Å²) >= 11 is 0. The van der Waals surface area contributed by atoms with E-state index in [1.54, 1.807) is 0 Å². The number of unbranched alkanes of at least 4 members (excludes halogenated alkanes) is 2. The van der Waals surface area contributed by atoms with Gasteiger partial charge in [-0.05, 0) is 50.0 Å². The molecule has 0 saturated carbocycles. The lowest BCUT2D eigenvalue weighted by Crippen LogP contribution is -2.24. The highest BCUT2D eigenvalue weighted by atomic mass is 16.5. The Morgan fingerprint density at radius 1 is 0.846 bits per heavy atom. The monoisotopic (exact) mass is 353 g/mol. The number of esters is 1. The van der Waals surface area contributed by atoms with E-state index in [0.29, 0.717) is 6.61 Å². The molecule has 0 heterocycles. The lowest BCUT2D eigenvalue weighted by Gasteiger charge is -2.18. The highest BCUT2D eigenvalue weighted by Gasteiger charge is 2.23. The predicted molar refractivity (Wildman–Crippen MR) is 107 cm³/mol. The summed E-state index contributed by atoms with van der Waals surface area (Å²) in [5.74, 6) is -0.515. The maximum Gasteiger partial charge on any atom is 0.317 e. The number of ether oxygens (including phenoxy) is 1. The van der Waals surface area contributed by atoms with Crippen molar-refractivity contribution in [1.82, 2.24) is 4.90 Å². The van der Waals surface area contributed by atoms with E-state index in [9.17, 15) is 4.79 Å². The van der Waals surface area contributed by atoms with Gasteiger partial charge in [-0.25, -0.2) is 0 Å². The van der Waals surface area contributed by atoms with Gasteiger partial charge in [0.1, 0.15) is 5.92 Å². The maximum absolute atomic E-state index is 12.7. The summed E-state index contributed by atoms with van der Waals surface area (Å²) in [4.78, 5) is 15.2. The van der Waals surface area contributed by atoms with Crippen LogP contribution in [0.1, 0.15) is 50.2 Å². The molecule has 0 aromatic heterocycles. The molecular weight excluding hydrogens is 322 g/mol. The van der Waals surface area contributed by atoms with Crippen molar-refractivity contribution in [2.24, 2.45) is 0 Å². The van der Waals surface area contributed by atoms with Crippen LogP contribution >= 0.6 is 0 Å². The Balaban J connectivity index is 1.86. The molecule has 0 unspecified atom stereocenters. The average Bonchev–Trinajstić information content (AvgIpc) is 2.69. The highest BCUT2D eigenvalue weighted by molar-refractivity contribution is 5.82. The van der Waals surface area contributed by atoms with Crippen LogP contribution in [0.5, 0.6) is 0 Å². The van der Waals surface area contributed by atoms with Crippen LogP contribution in [0, 0.1) is 0 Å². The third kappa shape index (κ3) is 6.30. The molecule has 0 amide bonds. The highest BCUT2D eigenvalue weighted by Crippen LogP contribution is 2.26. The second kappa shape index (κ2) is 11.5. The Morgan fingerprint density at radius 2 is 1.38 bits per heavy atom. The molecule has 140 valence electrons. The zero-order valence-corrected chi connectivity index (χ0v) is 16.1. The molecule has 2 aromatic rings. The maximum atomic E-state index is 12.7. The van der Waals surface area contributed by atoms with E-state index in [4.69, 9.17) is 4.74 Å². The summed E-state index contributed by atoms with van der Waals surface area (Å²) in [6, 6.07) is 19.7. The fraction of sp³-hybridized carbons (Fsp3) is 0.435. The van der Waals surface area contributed by atoms with Gasteiger partial charge in [-0.3, -0.25) is 4.79 Å². The Bertz CT molecular complexity index is 584. The van der Waals surface area contributed by atoms with Crippen LogP contribution in [-0.4, -0.2) is 37.1 Å². The van der Waals surface area contributed by atoms with Crippen LogP contribution in [-0.2, 0) is 9.53 Å². The fourth-order valence-electron chi connectivity index (χ4n) is 3.17. The number of rotatable bonds is 11. The minimum Gasteiger partial charge on any atom is -0.465 e. The normalized spacial score (nSPS) is 11.1. The Labute approximate surface area is 158 Å². The van der Waals surface area contributed by atoms with E-state index < -0.39 is 0 Å². The number of hydrogen-bond acceptors (Lipinski definition) is 3. The van der Waals surface area contributed by atoms with Gasteiger partial charge in [-0.2, -0.15) is 0 Å². The van der Waals surface area contributed by atoms with Gasteiger partial charge in [0.25, 0.3) is 0 Å². The summed E-state index contributed by atoms with van der Waals surface area (Å²) in [6.07, 6.45) is 3.16. The summed E-state index contributed by atoms with van der Waals surface area (Å²) in [7, 11) is 0. The van der Waals surface area contributed by atoms with Crippen LogP contribution in [0.2, 0.25) is 0 Å². The zero-order valence-electron chi connectivity index (χ0n) is 16.1. The summed E-state index contributed by atoms with van der Waals surface area (Å²) in [5, 5.41) is 0. The van der Waals surface area contributed by atoms with Gasteiger partial charge in [0.05, 0.1) is 6.61 Å². The summed E-state index contributed by atoms with van der Waals surface area (Å²) in [6.45, 7) is 8.20. The molecule has 0 saturated heterocycles. The smallest absolute Gasteiger partial charge is 0.317 e. The molecule has 0 bridgehead atoms. The van der Waals surface area contributed by atoms with Crippen molar-refractivity contribution in [3.63, 3.8) is 0 Å². The van der Waals surface area contributed by atoms with E-state index in [-0.39, 0.29) is 11.9 Å². The Morgan fingerprint density at radius 3 is 1.88 bits per heavy atom. The van der Waals surface area contributed by atoms with Gasteiger partial charge in [-0.15, -0.1) is 0 Å². The molecule has 2 aromatic carbocycles. The number of hydrogen-bond donors (Lipinski definition) is 0. The van der Waals surface area contributed by atoms with Crippen molar-refractivity contribution in [1.29, 1.82) is 0 Å². The second-order valence-electron chi connectivity index (χ2n) is 6.51. The van der Waals surface area contributed by atoms with Gasteiger partial charge in [0.15, 0.2) is 0 Å². The number of carbonyl (C=O) groups excluding carboxylic acids is 1. The summed E-state index contributed by atoms with van der Waals surface area (Å²) in [5.41, 5.74) is 1.95. The molecule has 3 nitrogen and oxygen atoms in total. The molecule has 0 fully saturated rings. The van der Waals surface area contributed by atoms with Gasteiger partial charge < -0.3 is 9.64 Å². The molecule has 0 spiro atoms. The first kappa shape index (κ1) is 20.2. The minimum atomic E-state index is -0.354. The average molecular weight is 354 g/mol. The first-order valence-corrected chi connectivity index (χ1v) is 9.75. The molecule has 0 atom stereocenters. The van der Waals surface area contributed by atoms with Crippen molar-refractivity contribution in [3.05, 3.63) is 71.8 Å². The molecule has 0 aliphatic heterocycles. The van der Waals surface area contributed by atoms with E-state index >= 15 is 0 Å². The quantitative estimate of drug-likeness (QED) is 0.426. The largest absolute Gasteiger partial charge is 0.465 e. The van der Waals surface area contributed by atoms with E-state index in [1.165, 1.54) is 0 Å². The van der Waals surface area contributed by atoms with Gasteiger partial charge >= 0.3 is 5.97 Å². The Kier molecular flexibility index (Phi) is 8.91. The standard InChI is InChI=1S/C23H31NO2/c1-3-24(4-2)18-12-7-13-19-26-23(25)22(20-14-8-5-9-15-20)21-16-10-6-11-17-21/h5-6,8-11,14-17,22H,3-4,7,12-13,18-19H2,1-2H3. The van der Waals surface area contributed by atoms with Crippen LogP contribution in [0.3, 0.4) is 0 Å². The minimum absolute atomic E-state index is 0.161. The van der Waals surface area contributed by atoms with Gasteiger partial charge in [0, 0.05) is 0 Å². The molecular formula is C23H31NO2. The van der Waals surface area contributed by atoms with E-state index in [2.05, 4.69) is 18.7 Å². The SMILES string of the molecule is CCN(CC)CCCCCOC(=O)C(c1ccccc1)c1ccccc1. The van der Waals surface area contributed by atoms with Crippen LogP contribution < -0.4 is 0 Å². The van der Waals surface area contributed by atoms with Crippen molar-refractivity contribution in [3.8, 4) is 0 Å². The summed E-state index contributed by atoms with van der Waals surface area (Å²) < 4.78 is 5.62. The molecule has 3 heteroatoms. The molecule has 2 rings (SSSR count). The van der Waals surface area contributed by atoms with Crippen LogP contribution in [0.4, 0.5) is 0 Å². The first-order chi connectivity index (χ1) is 12.8. The third-order valence-electron chi connectivity index (χ3n) is 4.76. The topological polar surface area (TPSA) is 29.5 Å². The molecule has 0 radical (unpaired) electrons. The van der Waals surface area contributed by atoms with Crippen molar-refractivity contribution >= 4 is 5.97 Å². The second-order valence-corrected chi connectivity index (χ2v) is 6.51. The lowest BCUT2D eigenvalue weighted by atomic mass is 9.91.